The summed E-state index contributed by atoms with van der Waals surface area (Å²) in [6, 6.07) is 3.34. The van der Waals surface area contributed by atoms with E-state index in [4.69, 9.17) is 10.6 Å². The van der Waals surface area contributed by atoms with E-state index < -0.39 is 29.2 Å². The number of oxime groups is 1. The number of hydrogen-bond acceptors (Lipinski definition) is 15. The quantitative estimate of drug-likeness (QED) is 0.0709. The maximum atomic E-state index is 13.1. The van der Waals surface area contributed by atoms with Crippen molar-refractivity contribution in [1.29, 1.82) is 0 Å². The molecule has 3 aromatic rings. The lowest BCUT2D eigenvalue weighted by molar-refractivity contribution is -0.150. The number of amides is 2. The zero-order chi connectivity index (χ0) is 29.3. The number of aromatic hydroxyl groups is 2. The number of thiazole rings is 1. The number of aromatic nitrogens is 3. The maximum Gasteiger partial charge on any atom is 0.352 e. The second kappa shape index (κ2) is 11.9. The minimum Gasteiger partial charge on any atom is -0.504 e. The summed E-state index contributed by atoms with van der Waals surface area (Å²) in [5.41, 5.74) is 6.71. The zero-order valence-corrected chi connectivity index (χ0v) is 24.3. The van der Waals surface area contributed by atoms with Crippen LogP contribution in [0.2, 0.25) is 0 Å². The topological polar surface area (TPSA) is 213 Å². The van der Waals surface area contributed by atoms with Gasteiger partial charge in [-0.3, -0.25) is 14.5 Å². The van der Waals surface area contributed by atoms with E-state index in [1.54, 1.807) is 18.4 Å². The van der Waals surface area contributed by atoms with Gasteiger partial charge in [-0.1, -0.05) is 28.3 Å². The van der Waals surface area contributed by atoms with Gasteiger partial charge in [0.25, 0.3) is 11.8 Å². The molecule has 2 aliphatic rings. The summed E-state index contributed by atoms with van der Waals surface area (Å²) in [5, 5.41) is 45.6. The highest BCUT2D eigenvalue weighted by Crippen LogP contribution is 2.42. The molecule has 1 aromatic carbocycles. The number of phenols is 2. The van der Waals surface area contributed by atoms with Crippen molar-refractivity contribution in [3.05, 3.63) is 40.5 Å². The van der Waals surface area contributed by atoms with Gasteiger partial charge >= 0.3 is 5.97 Å². The summed E-state index contributed by atoms with van der Waals surface area (Å²) in [7, 11) is 0. The normalized spacial score (nSPS) is 18.6. The number of nitrogen functional groups attached to an aromatic ring is 1. The Hall–Kier alpha value is -3.87. The van der Waals surface area contributed by atoms with Crippen LogP contribution < -0.4 is 11.1 Å². The summed E-state index contributed by atoms with van der Waals surface area (Å²) in [5.74, 6) is -2.48. The molecule has 1 unspecified atom stereocenters. The van der Waals surface area contributed by atoms with Crippen molar-refractivity contribution < 1.29 is 34.5 Å². The van der Waals surface area contributed by atoms with Crippen molar-refractivity contribution >= 4 is 74.8 Å². The number of nitrogens with two attached hydrogens (primary N) is 1. The summed E-state index contributed by atoms with van der Waals surface area (Å²) in [4.78, 5) is 48.6. The van der Waals surface area contributed by atoms with E-state index in [0.717, 1.165) is 11.3 Å². The maximum absolute atomic E-state index is 13.1. The zero-order valence-electron chi connectivity index (χ0n) is 21.0. The monoisotopic (exact) mass is 635 g/mol. The third kappa shape index (κ3) is 5.81. The first kappa shape index (κ1) is 28.7. The number of nitrogens with one attached hydrogen (secondary N) is 1. The Bertz CT molecular complexity index is 1590. The van der Waals surface area contributed by atoms with Crippen molar-refractivity contribution in [2.75, 3.05) is 23.8 Å². The predicted octanol–water partition coefficient (Wildman–Crippen LogP) is 1.93. The van der Waals surface area contributed by atoms with E-state index in [0.29, 0.717) is 26.2 Å². The lowest BCUT2D eigenvalue weighted by Gasteiger charge is -2.49. The number of carbonyl (C=O) groups is 3. The highest BCUT2D eigenvalue weighted by molar-refractivity contribution is 8.01. The summed E-state index contributed by atoms with van der Waals surface area (Å²) < 4.78 is 0.556. The number of thioether (sulfide) groups is 2. The van der Waals surface area contributed by atoms with E-state index >= 15 is 0 Å². The Morgan fingerprint density at radius 2 is 2.10 bits per heavy atom. The van der Waals surface area contributed by atoms with Crippen LogP contribution in [0.1, 0.15) is 12.6 Å². The Morgan fingerprint density at radius 1 is 1.29 bits per heavy atom. The molecule has 2 atom stereocenters. The average molecular weight is 636 g/mol. The molecule has 214 valence electrons. The van der Waals surface area contributed by atoms with Crippen molar-refractivity contribution in [3.63, 3.8) is 0 Å². The molecule has 0 saturated carbocycles. The van der Waals surface area contributed by atoms with Crippen molar-refractivity contribution in [2.24, 2.45) is 5.16 Å². The number of anilines is 1. The third-order valence-corrected chi connectivity index (χ3v) is 10.0. The number of rotatable bonds is 10. The highest BCUT2D eigenvalue weighted by Gasteiger charge is 2.54. The van der Waals surface area contributed by atoms with Gasteiger partial charge in [0.05, 0.1) is 0 Å². The fraction of sp³-hybridized carbons (Fsp3) is 0.261. The van der Waals surface area contributed by atoms with Gasteiger partial charge in [0.15, 0.2) is 26.7 Å². The van der Waals surface area contributed by atoms with Crippen LogP contribution in [0.5, 0.6) is 11.5 Å². The number of carboxylic acids is 1. The minimum absolute atomic E-state index is 0.125. The standard InChI is InChI=1S/C23H21N7O7S4/c1-2-37-29-14(11-8-39-22(24)25-11)17(33)26-15-19(34)30-16(21(35)36)10(6-38-20(15)30)7-40-23-28-27-18(41-23)9-3-4-12(31)13(32)5-9/h3-5,8,15,20,31-32H,2,6-7H2,1H3,(H2,24,25)(H,26,33)(H,35,36)/b29-14+/t15?,20-/m1/s1. The van der Waals surface area contributed by atoms with Crippen molar-refractivity contribution in [1.82, 2.24) is 25.4 Å². The van der Waals surface area contributed by atoms with Crippen molar-refractivity contribution in [3.8, 4) is 22.1 Å². The number of benzene rings is 1. The smallest absolute Gasteiger partial charge is 0.352 e. The molecule has 41 heavy (non-hydrogen) atoms. The molecule has 18 heteroatoms. The lowest BCUT2D eigenvalue weighted by Crippen LogP contribution is -2.71. The van der Waals surface area contributed by atoms with Gasteiger partial charge in [-0.25, -0.2) is 9.78 Å². The van der Waals surface area contributed by atoms with Crippen LogP contribution in [0.4, 0.5) is 5.13 Å². The minimum atomic E-state index is -1.25. The Morgan fingerprint density at radius 3 is 2.78 bits per heavy atom. The molecule has 2 aliphatic heterocycles. The molecule has 0 bridgehead atoms. The molecule has 6 N–H and O–H groups in total. The Kier molecular flexibility index (Phi) is 8.34. The van der Waals surface area contributed by atoms with Crippen LogP contribution in [0.15, 0.2) is 44.3 Å². The number of carbonyl (C=O) groups excluding carboxylic acids is 2. The van der Waals surface area contributed by atoms with Crippen LogP contribution in [-0.2, 0) is 19.2 Å². The van der Waals surface area contributed by atoms with Crippen LogP contribution in [-0.4, -0.2) is 88.4 Å². The molecule has 0 aliphatic carbocycles. The largest absolute Gasteiger partial charge is 0.504 e. The van der Waals surface area contributed by atoms with Gasteiger partial charge < -0.3 is 31.2 Å². The van der Waals surface area contributed by atoms with E-state index in [-0.39, 0.29) is 46.1 Å². The lowest BCUT2D eigenvalue weighted by atomic mass is 10.0. The molecule has 4 heterocycles. The molecule has 14 nitrogen and oxygen atoms in total. The van der Waals surface area contributed by atoms with E-state index in [1.165, 1.54) is 51.9 Å². The molecule has 1 saturated heterocycles. The molecular formula is C23H21N7O7S4. The van der Waals surface area contributed by atoms with Gasteiger partial charge in [0, 0.05) is 22.4 Å². The molecule has 1 fully saturated rings. The number of aliphatic carboxylic acids is 1. The molecular weight excluding hydrogens is 615 g/mol. The van der Waals surface area contributed by atoms with Crippen LogP contribution in [0, 0.1) is 0 Å². The van der Waals surface area contributed by atoms with Crippen molar-refractivity contribution in [2.45, 2.75) is 22.7 Å². The van der Waals surface area contributed by atoms with Gasteiger partial charge in [0.1, 0.15) is 34.4 Å². The third-order valence-electron chi connectivity index (χ3n) is 5.80. The van der Waals surface area contributed by atoms with Gasteiger partial charge in [-0.15, -0.1) is 33.3 Å². The first-order chi connectivity index (χ1) is 19.7. The SMILES string of the molecule is CCO/N=C(/C(=O)NC1C(=O)N2C(C(=O)O)=C(CSc3nnc(-c4ccc(O)c(O)c4)s3)CS[C@H]12)c1csc(N)n1. The first-order valence-corrected chi connectivity index (χ1v) is 15.5. The number of nitrogens with zero attached hydrogens (tertiary/aromatic N) is 5. The number of hydrogen-bond donors (Lipinski definition) is 5. The molecule has 2 aromatic heterocycles. The van der Waals surface area contributed by atoms with E-state index in [2.05, 4.69) is 25.7 Å². The van der Waals surface area contributed by atoms with Gasteiger partial charge in [-0.05, 0) is 30.7 Å². The highest BCUT2D eigenvalue weighted by atomic mass is 32.2. The molecule has 2 amide bonds. The summed E-state index contributed by atoms with van der Waals surface area (Å²) in [6.45, 7) is 1.90. The second-order valence-electron chi connectivity index (χ2n) is 8.41. The van der Waals surface area contributed by atoms with Gasteiger partial charge in [-0.2, -0.15) is 0 Å². The fourth-order valence-corrected chi connectivity index (χ4v) is 7.80. The molecule has 0 spiro atoms. The van der Waals surface area contributed by atoms with E-state index in [9.17, 15) is 29.7 Å². The van der Waals surface area contributed by atoms with E-state index in [1.807, 2.05) is 0 Å². The second-order valence-corrected chi connectivity index (χ2v) is 12.6. The number of fused-ring (bicyclic) bond motifs is 1. The number of phenolic OH excluding ortho intramolecular Hbond substituents is 2. The number of β-lactam (4-membered cyclic amide) rings is 1. The number of carboxylic acid groups (broad SMARTS) is 1. The van der Waals surface area contributed by atoms with Crippen LogP contribution >= 0.6 is 46.2 Å². The van der Waals surface area contributed by atoms with Gasteiger partial charge in [0.2, 0.25) is 0 Å². The Labute approximate surface area is 248 Å². The molecule has 5 rings (SSSR count). The van der Waals surface area contributed by atoms with Crippen LogP contribution in [0.25, 0.3) is 10.6 Å². The first-order valence-electron chi connectivity index (χ1n) is 11.8. The fourth-order valence-electron chi connectivity index (χ4n) is 3.92. The summed E-state index contributed by atoms with van der Waals surface area (Å²) in [6.07, 6.45) is 0. The average Bonchev–Trinajstić information content (AvgIpc) is 3.60. The Balaban J connectivity index is 1.28. The predicted molar refractivity (Wildman–Crippen MR) is 154 cm³/mol. The van der Waals surface area contributed by atoms with Crippen LogP contribution in [0.3, 0.4) is 0 Å². The summed E-state index contributed by atoms with van der Waals surface area (Å²) >= 11 is 4.96. The molecule has 0 radical (unpaired) electrons.